The molecule has 1 aromatic carbocycles. The zero-order valence-electron chi connectivity index (χ0n) is 17.4. The monoisotopic (exact) mass is 374 g/mol. The van der Waals surface area contributed by atoms with Gasteiger partial charge >= 0.3 is 0 Å². The predicted molar refractivity (Wildman–Crippen MR) is 108 cm³/mol. The Hall–Kier alpha value is -2.04. The zero-order chi connectivity index (χ0) is 20.0. The van der Waals surface area contributed by atoms with Crippen molar-refractivity contribution in [1.29, 1.82) is 0 Å². The van der Waals surface area contributed by atoms with Crippen LogP contribution in [-0.4, -0.2) is 43.0 Å². The molecule has 1 aromatic rings. The molecular weight excluding hydrogens is 340 g/mol. The average Bonchev–Trinajstić information content (AvgIpc) is 2.65. The van der Waals surface area contributed by atoms with Gasteiger partial charge in [-0.2, -0.15) is 0 Å². The number of piperidine rings is 1. The number of nitrogens with one attached hydrogen (secondary N) is 1. The van der Waals surface area contributed by atoms with Crippen LogP contribution in [0.3, 0.4) is 0 Å². The quantitative estimate of drug-likeness (QED) is 0.830. The number of benzene rings is 1. The van der Waals surface area contributed by atoms with Crippen molar-refractivity contribution in [3.8, 4) is 5.75 Å². The molecule has 0 aromatic heterocycles. The first-order chi connectivity index (χ1) is 12.7. The van der Waals surface area contributed by atoms with E-state index in [0.29, 0.717) is 5.92 Å². The lowest BCUT2D eigenvalue weighted by molar-refractivity contribution is -0.139. The highest BCUT2D eigenvalue weighted by atomic mass is 16.5. The van der Waals surface area contributed by atoms with E-state index in [9.17, 15) is 9.59 Å². The third kappa shape index (κ3) is 6.26. The van der Waals surface area contributed by atoms with Crippen LogP contribution in [0.15, 0.2) is 24.3 Å². The standard InChI is InChI=1S/C22H34N2O3/c1-16(23-21(26)22(2,3)4)20(25)24-14-12-18(13-15-24)7-6-17-8-10-19(27-5)11-9-17/h8-11,16,18H,6-7,12-15H2,1-5H3,(H,23,26). The van der Waals surface area contributed by atoms with Gasteiger partial charge in [0.15, 0.2) is 0 Å². The van der Waals surface area contributed by atoms with Gasteiger partial charge in [0.2, 0.25) is 11.8 Å². The zero-order valence-corrected chi connectivity index (χ0v) is 17.4. The van der Waals surface area contributed by atoms with Crippen molar-refractivity contribution in [3.63, 3.8) is 0 Å². The van der Waals surface area contributed by atoms with Crippen molar-refractivity contribution in [1.82, 2.24) is 10.2 Å². The maximum atomic E-state index is 12.6. The SMILES string of the molecule is COc1ccc(CCC2CCN(C(=O)C(C)NC(=O)C(C)(C)C)CC2)cc1. The third-order valence-electron chi connectivity index (χ3n) is 5.33. The molecule has 5 nitrogen and oxygen atoms in total. The second-order valence-corrected chi connectivity index (χ2v) is 8.60. The molecule has 0 saturated carbocycles. The lowest BCUT2D eigenvalue weighted by atomic mass is 9.90. The number of nitrogens with zero attached hydrogens (tertiary/aromatic N) is 1. The second-order valence-electron chi connectivity index (χ2n) is 8.60. The molecule has 0 spiro atoms. The molecule has 1 aliphatic rings. The molecule has 27 heavy (non-hydrogen) atoms. The number of hydrogen-bond donors (Lipinski definition) is 1. The van der Waals surface area contributed by atoms with Gasteiger partial charge in [0, 0.05) is 18.5 Å². The summed E-state index contributed by atoms with van der Waals surface area (Å²) >= 11 is 0. The first-order valence-corrected chi connectivity index (χ1v) is 9.93. The summed E-state index contributed by atoms with van der Waals surface area (Å²) in [6, 6.07) is 7.79. The van der Waals surface area contributed by atoms with Crippen LogP contribution in [0.2, 0.25) is 0 Å². The first kappa shape index (κ1) is 21.3. The number of carbonyl (C=O) groups excluding carboxylic acids is 2. The molecule has 1 saturated heterocycles. The summed E-state index contributed by atoms with van der Waals surface area (Å²) in [5.74, 6) is 1.48. The van der Waals surface area contributed by atoms with Gasteiger partial charge in [-0.25, -0.2) is 0 Å². The Morgan fingerprint density at radius 3 is 2.30 bits per heavy atom. The van der Waals surface area contributed by atoms with Crippen molar-refractivity contribution in [2.24, 2.45) is 11.3 Å². The van der Waals surface area contributed by atoms with E-state index in [1.807, 2.05) is 37.8 Å². The summed E-state index contributed by atoms with van der Waals surface area (Å²) in [5.41, 5.74) is 0.844. The maximum Gasteiger partial charge on any atom is 0.244 e. The topological polar surface area (TPSA) is 58.6 Å². The van der Waals surface area contributed by atoms with Crippen molar-refractivity contribution < 1.29 is 14.3 Å². The number of methoxy groups -OCH3 is 1. The Bertz CT molecular complexity index is 626. The summed E-state index contributed by atoms with van der Waals surface area (Å²) in [7, 11) is 1.68. The van der Waals surface area contributed by atoms with E-state index in [4.69, 9.17) is 4.74 Å². The molecule has 150 valence electrons. The lowest BCUT2D eigenvalue weighted by Crippen LogP contribution is -2.51. The fourth-order valence-electron chi connectivity index (χ4n) is 3.35. The van der Waals surface area contributed by atoms with Gasteiger partial charge in [-0.05, 0) is 56.2 Å². The molecule has 2 rings (SSSR count). The number of amides is 2. The smallest absolute Gasteiger partial charge is 0.244 e. The summed E-state index contributed by atoms with van der Waals surface area (Å²) in [5, 5.41) is 2.84. The summed E-state index contributed by atoms with van der Waals surface area (Å²) in [6.07, 6.45) is 4.26. The molecule has 1 fully saturated rings. The van der Waals surface area contributed by atoms with Crippen LogP contribution in [0, 0.1) is 11.3 Å². The molecule has 1 unspecified atom stereocenters. The van der Waals surface area contributed by atoms with Crippen LogP contribution < -0.4 is 10.1 Å². The maximum absolute atomic E-state index is 12.6. The number of aryl methyl sites for hydroxylation is 1. The third-order valence-corrected chi connectivity index (χ3v) is 5.33. The van der Waals surface area contributed by atoms with Crippen LogP contribution >= 0.6 is 0 Å². The van der Waals surface area contributed by atoms with E-state index in [1.54, 1.807) is 14.0 Å². The fraction of sp³-hybridized carbons (Fsp3) is 0.636. The number of carbonyl (C=O) groups is 2. The Balaban J connectivity index is 1.75. The van der Waals surface area contributed by atoms with Gasteiger partial charge in [0.05, 0.1) is 7.11 Å². The summed E-state index contributed by atoms with van der Waals surface area (Å²) in [4.78, 5) is 26.6. The van der Waals surface area contributed by atoms with E-state index in [2.05, 4.69) is 17.4 Å². The Labute approximate surface area is 163 Å². The van der Waals surface area contributed by atoms with Crippen LogP contribution in [0.5, 0.6) is 5.75 Å². The highest BCUT2D eigenvalue weighted by Crippen LogP contribution is 2.24. The van der Waals surface area contributed by atoms with Crippen molar-refractivity contribution in [2.75, 3.05) is 20.2 Å². The van der Waals surface area contributed by atoms with E-state index in [1.165, 1.54) is 5.56 Å². The van der Waals surface area contributed by atoms with Crippen LogP contribution in [0.1, 0.15) is 52.5 Å². The van der Waals surface area contributed by atoms with E-state index in [-0.39, 0.29) is 11.8 Å². The minimum Gasteiger partial charge on any atom is -0.497 e. The first-order valence-electron chi connectivity index (χ1n) is 9.93. The average molecular weight is 375 g/mol. The summed E-state index contributed by atoms with van der Waals surface area (Å²) < 4.78 is 5.20. The molecule has 0 bridgehead atoms. The second kappa shape index (κ2) is 9.25. The number of hydrogen-bond acceptors (Lipinski definition) is 3. The largest absolute Gasteiger partial charge is 0.497 e. The van der Waals surface area contributed by atoms with Gasteiger partial charge in [0.25, 0.3) is 0 Å². The van der Waals surface area contributed by atoms with Gasteiger partial charge < -0.3 is 15.0 Å². The Morgan fingerprint density at radius 2 is 1.78 bits per heavy atom. The summed E-state index contributed by atoms with van der Waals surface area (Å²) in [6.45, 7) is 8.90. The van der Waals surface area contributed by atoms with Crippen LogP contribution in [-0.2, 0) is 16.0 Å². The van der Waals surface area contributed by atoms with Gasteiger partial charge in [0.1, 0.15) is 11.8 Å². The van der Waals surface area contributed by atoms with E-state index in [0.717, 1.165) is 44.5 Å². The normalized spacial score (nSPS) is 16.7. The molecule has 1 aliphatic heterocycles. The Kier molecular flexibility index (Phi) is 7.28. The van der Waals surface area contributed by atoms with Crippen LogP contribution in [0.4, 0.5) is 0 Å². The molecule has 5 heteroatoms. The van der Waals surface area contributed by atoms with Gasteiger partial charge in [-0.15, -0.1) is 0 Å². The molecular formula is C22H34N2O3. The number of rotatable bonds is 6. The van der Waals surface area contributed by atoms with Crippen molar-refractivity contribution in [3.05, 3.63) is 29.8 Å². The van der Waals surface area contributed by atoms with Crippen molar-refractivity contribution >= 4 is 11.8 Å². The molecule has 2 amide bonds. The molecule has 0 aliphatic carbocycles. The molecule has 1 heterocycles. The number of likely N-dealkylation sites (tertiary alicyclic amines) is 1. The predicted octanol–water partition coefficient (Wildman–Crippen LogP) is 3.42. The Morgan fingerprint density at radius 1 is 1.19 bits per heavy atom. The fourth-order valence-corrected chi connectivity index (χ4v) is 3.35. The lowest BCUT2D eigenvalue weighted by Gasteiger charge is -2.34. The molecule has 1 atom stereocenters. The minimum absolute atomic E-state index is 0.0289. The van der Waals surface area contributed by atoms with Gasteiger partial charge in [-0.3, -0.25) is 9.59 Å². The molecule has 0 radical (unpaired) electrons. The van der Waals surface area contributed by atoms with E-state index < -0.39 is 11.5 Å². The highest BCUT2D eigenvalue weighted by Gasteiger charge is 2.29. The van der Waals surface area contributed by atoms with Crippen molar-refractivity contribution in [2.45, 2.75) is 59.4 Å². The van der Waals surface area contributed by atoms with Crippen LogP contribution in [0.25, 0.3) is 0 Å². The molecule has 1 N–H and O–H groups in total. The highest BCUT2D eigenvalue weighted by molar-refractivity contribution is 5.89. The van der Waals surface area contributed by atoms with Gasteiger partial charge in [-0.1, -0.05) is 32.9 Å². The van der Waals surface area contributed by atoms with E-state index >= 15 is 0 Å². The number of ether oxygens (including phenoxy) is 1. The minimum atomic E-state index is -0.483.